The molecule has 1 aromatic rings. The van der Waals surface area contributed by atoms with Crippen molar-refractivity contribution in [3.05, 3.63) is 29.3 Å². The molecule has 1 saturated carbocycles. The van der Waals surface area contributed by atoms with E-state index >= 15 is 0 Å². The lowest BCUT2D eigenvalue weighted by atomic mass is 9.80. The van der Waals surface area contributed by atoms with Crippen molar-refractivity contribution in [3.8, 4) is 0 Å². The maximum Gasteiger partial charge on any atom is 0.0426 e. The van der Waals surface area contributed by atoms with E-state index in [2.05, 4.69) is 25.2 Å². The van der Waals surface area contributed by atoms with Crippen molar-refractivity contribution in [2.24, 2.45) is 11.8 Å². The Bertz CT molecular complexity index is 350. The molecule has 88 valence electrons. The highest BCUT2D eigenvalue weighted by Gasteiger charge is 2.25. The smallest absolute Gasteiger partial charge is 0.0426 e. The maximum atomic E-state index is 5.99. The molecule has 0 heterocycles. The van der Waals surface area contributed by atoms with Crippen LogP contribution in [0.4, 0.5) is 5.69 Å². The van der Waals surface area contributed by atoms with Crippen LogP contribution >= 0.6 is 11.6 Å². The van der Waals surface area contributed by atoms with Crippen molar-refractivity contribution >= 4 is 17.3 Å². The molecular weight excluding hydrogens is 218 g/mol. The number of nitrogens with one attached hydrogen (secondary N) is 1. The maximum absolute atomic E-state index is 5.99. The second-order valence-electron chi connectivity index (χ2n) is 5.16. The van der Waals surface area contributed by atoms with Crippen LogP contribution in [0.2, 0.25) is 5.02 Å². The lowest BCUT2D eigenvalue weighted by Crippen LogP contribution is -2.33. The molecule has 0 spiro atoms. The van der Waals surface area contributed by atoms with Crippen LogP contribution in [0.1, 0.15) is 33.1 Å². The molecule has 0 aromatic heterocycles. The Morgan fingerprint density at radius 1 is 1.25 bits per heavy atom. The Labute approximate surface area is 103 Å². The summed E-state index contributed by atoms with van der Waals surface area (Å²) in [5.74, 6) is 1.60. The van der Waals surface area contributed by atoms with Gasteiger partial charge in [0.2, 0.25) is 0 Å². The van der Waals surface area contributed by atoms with E-state index in [-0.39, 0.29) is 0 Å². The van der Waals surface area contributed by atoms with Gasteiger partial charge in [-0.15, -0.1) is 0 Å². The monoisotopic (exact) mass is 237 g/mol. The minimum absolute atomic E-state index is 0.599. The molecule has 1 aromatic carbocycles. The second kappa shape index (κ2) is 5.09. The molecule has 3 atom stereocenters. The van der Waals surface area contributed by atoms with Crippen molar-refractivity contribution in [2.45, 2.75) is 39.2 Å². The summed E-state index contributed by atoms with van der Waals surface area (Å²) in [6.45, 7) is 4.69. The molecule has 1 aliphatic carbocycles. The Morgan fingerprint density at radius 2 is 2.06 bits per heavy atom. The second-order valence-corrected chi connectivity index (χ2v) is 5.59. The summed E-state index contributed by atoms with van der Waals surface area (Å²) in [5, 5.41) is 4.42. The summed E-state index contributed by atoms with van der Waals surface area (Å²) in [6.07, 6.45) is 3.97. The molecule has 0 saturated heterocycles. The molecule has 2 rings (SSSR count). The van der Waals surface area contributed by atoms with Gasteiger partial charge in [0.05, 0.1) is 0 Å². The number of anilines is 1. The van der Waals surface area contributed by atoms with E-state index in [4.69, 9.17) is 11.6 Å². The zero-order chi connectivity index (χ0) is 11.5. The lowest BCUT2D eigenvalue weighted by molar-refractivity contribution is 0.281. The van der Waals surface area contributed by atoms with Gasteiger partial charge in [0, 0.05) is 16.8 Å². The first kappa shape index (κ1) is 11.8. The van der Waals surface area contributed by atoms with Crippen LogP contribution in [-0.4, -0.2) is 6.04 Å². The van der Waals surface area contributed by atoms with Crippen molar-refractivity contribution in [3.63, 3.8) is 0 Å². The molecule has 1 fully saturated rings. The first-order chi connectivity index (χ1) is 7.65. The average Bonchev–Trinajstić information content (AvgIpc) is 2.24. The molecule has 1 aliphatic rings. The standard InChI is InChI=1S/C14H20ClN/c1-10-6-7-11(2)14(8-10)16-13-5-3-4-12(15)9-13/h3-5,9-11,14,16H,6-8H2,1-2H3. The summed E-state index contributed by atoms with van der Waals surface area (Å²) >= 11 is 5.99. The third kappa shape index (κ3) is 2.91. The molecule has 16 heavy (non-hydrogen) atoms. The first-order valence-electron chi connectivity index (χ1n) is 6.17. The number of halogens is 1. The van der Waals surface area contributed by atoms with Gasteiger partial charge in [-0.2, -0.15) is 0 Å². The van der Waals surface area contributed by atoms with Crippen LogP contribution in [0.3, 0.4) is 0 Å². The quantitative estimate of drug-likeness (QED) is 0.794. The van der Waals surface area contributed by atoms with Gasteiger partial charge in [-0.05, 0) is 42.9 Å². The average molecular weight is 238 g/mol. The highest BCUT2D eigenvalue weighted by Crippen LogP contribution is 2.31. The topological polar surface area (TPSA) is 12.0 Å². The van der Waals surface area contributed by atoms with Crippen LogP contribution in [0, 0.1) is 11.8 Å². The number of hydrogen-bond donors (Lipinski definition) is 1. The minimum atomic E-state index is 0.599. The summed E-state index contributed by atoms with van der Waals surface area (Å²) in [7, 11) is 0. The van der Waals surface area contributed by atoms with Gasteiger partial charge in [-0.25, -0.2) is 0 Å². The molecule has 0 aliphatic heterocycles. The van der Waals surface area contributed by atoms with Gasteiger partial charge in [-0.3, -0.25) is 0 Å². The molecular formula is C14H20ClN. The third-order valence-corrected chi connectivity index (χ3v) is 3.87. The van der Waals surface area contributed by atoms with Gasteiger partial charge in [-0.1, -0.05) is 37.9 Å². The number of rotatable bonds is 2. The van der Waals surface area contributed by atoms with Crippen LogP contribution in [0.25, 0.3) is 0 Å². The Hall–Kier alpha value is -0.690. The normalized spacial score (nSPS) is 30.1. The summed E-state index contributed by atoms with van der Waals surface area (Å²) < 4.78 is 0. The Morgan fingerprint density at radius 3 is 2.81 bits per heavy atom. The predicted molar refractivity (Wildman–Crippen MR) is 71.0 cm³/mol. The van der Waals surface area contributed by atoms with Gasteiger partial charge in [0.1, 0.15) is 0 Å². The third-order valence-electron chi connectivity index (χ3n) is 3.63. The van der Waals surface area contributed by atoms with E-state index in [9.17, 15) is 0 Å². The molecule has 2 heteroatoms. The fourth-order valence-electron chi connectivity index (χ4n) is 2.53. The molecule has 1 N–H and O–H groups in total. The fourth-order valence-corrected chi connectivity index (χ4v) is 2.72. The van der Waals surface area contributed by atoms with E-state index in [0.717, 1.165) is 22.5 Å². The van der Waals surface area contributed by atoms with Gasteiger partial charge >= 0.3 is 0 Å². The van der Waals surface area contributed by atoms with E-state index in [1.165, 1.54) is 19.3 Å². The van der Waals surface area contributed by atoms with E-state index in [0.29, 0.717) is 6.04 Å². The molecule has 0 radical (unpaired) electrons. The Kier molecular flexibility index (Phi) is 3.75. The lowest BCUT2D eigenvalue weighted by Gasteiger charge is -2.34. The highest BCUT2D eigenvalue weighted by molar-refractivity contribution is 6.30. The highest BCUT2D eigenvalue weighted by atomic mass is 35.5. The zero-order valence-electron chi connectivity index (χ0n) is 10.0. The molecule has 0 bridgehead atoms. The van der Waals surface area contributed by atoms with Gasteiger partial charge in [0.15, 0.2) is 0 Å². The fraction of sp³-hybridized carbons (Fsp3) is 0.571. The van der Waals surface area contributed by atoms with E-state index in [1.807, 2.05) is 18.2 Å². The van der Waals surface area contributed by atoms with Crippen LogP contribution in [0.15, 0.2) is 24.3 Å². The Balaban J connectivity index is 2.02. The van der Waals surface area contributed by atoms with Crippen molar-refractivity contribution in [1.29, 1.82) is 0 Å². The SMILES string of the molecule is CC1CCC(C)C(Nc2cccc(Cl)c2)C1. The number of hydrogen-bond acceptors (Lipinski definition) is 1. The van der Waals surface area contributed by atoms with Gasteiger partial charge in [0.25, 0.3) is 0 Å². The van der Waals surface area contributed by atoms with Crippen molar-refractivity contribution in [1.82, 2.24) is 0 Å². The first-order valence-corrected chi connectivity index (χ1v) is 6.55. The van der Waals surface area contributed by atoms with Gasteiger partial charge < -0.3 is 5.32 Å². The van der Waals surface area contributed by atoms with E-state index < -0.39 is 0 Å². The largest absolute Gasteiger partial charge is 0.382 e. The minimum Gasteiger partial charge on any atom is -0.382 e. The number of benzene rings is 1. The van der Waals surface area contributed by atoms with Crippen LogP contribution in [-0.2, 0) is 0 Å². The molecule has 1 nitrogen and oxygen atoms in total. The van der Waals surface area contributed by atoms with E-state index in [1.54, 1.807) is 0 Å². The predicted octanol–water partition coefficient (Wildman–Crippen LogP) is 4.58. The van der Waals surface area contributed by atoms with Crippen molar-refractivity contribution in [2.75, 3.05) is 5.32 Å². The zero-order valence-corrected chi connectivity index (χ0v) is 10.8. The summed E-state index contributed by atoms with van der Waals surface area (Å²) in [5.41, 5.74) is 1.15. The summed E-state index contributed by atoms with van der Waals surface area (Å²) in [6, 6.07) is 8.62. The molecule has 0 amide bonds. The van der Waals surface area contributed by atoms with Crippen LogP contribution in [0.5, 0.6) is 0 Å². The molecule has 3 unspecified atom stereocenters. The van der Waals surface area contributed by atoms with Crippen molar-refractivity contribution < 1.29 is 0 Å². The van der Waals surface area contributed by atoms with Crippen LogP contribution < -0.4 is 5.32 Å². The summed E-state index contributed by atoms with van der Waals surface area (Å²) in [4.78, 5) is 0.